The maximum Gasteiger partial charge on any atom is -0.0298 e. The molecule has 0 spiro atoms. The van der Waals surface area contributed by atoms with Crippen LogP contribution in [0.1, 0.15) is 94.9 Å². The van der Waals surface area contributed by atoms with Gasteiger partial charge in [-0.25, -0.2) is 0 Å². The lowest BCUT2D eigenvalue weighted by Gasteiger charge is -2.48. The highest BCUT2D eigenvalue weighted by Gasteiger charge is 2.42. The average Bonchev–Trinajstić information content (AvgIpc) is 2.11. The van der Waals surface area contributed by atoms with Gasteiger partial charge in [-0.3, -0.25) is 0 Å². The summed E-state index contributed by atoms with van der Waals surface area (Å²) in [7, 11) is 0. The van der Waals surface area contributed by atoms with Gasteiger partial charge in [0.05, 0.1) is 0 Å². The monoisotopic (exact) mass is 280 g/mol. The lowest BCUT2D eigenvalue weighted by atomic mass is 9.57. The van der Waals surface area contributed by atoms with E-state index in [0.29, 0.717) is 21.7 Å². The van der Waals surface area contributed by atoms with Crippen LogP contribution < -0.4 is 0 Å². The van der Waals surface area contributed by atoms with Crippen molar-refractivity contribution in [2.75, 3.05) is 0 Å². The van der Waals surface area contributed by atoms with Crippen LogP contribution >= 0.6 is 0 Å². The topological polar surface area (TPSA) is 0 Å². The van der Waals surface area contributed by atoms with Gasteiger partial charge < -0.3 is 0 Å². The molecule has 0 aliphatic carbocycles. The second-order valence-corrected chi connectivity index (χ2v) is 9.93. The summed E-state index contributed by atoms with van der Waals surface area (Å²) in [6, 6.07) is 0. The molecule has 0 heterocycles. The first-order valence-corrected chi connectivity index (χ1v) is 8.37. The molecular weight excluding hydrogens is 240 g/mol. The van der Waals surface area contributed by atoms with Crippen molar-refractivity contribution in [3.8, 4) is 0 Å². The van der Waals surface area contributed by atoms with E-state index in [1.165, 1.54) is 19.3 Å². The molecule has 20 heavy (non-hydrogen) atoms. The second-order valence-electron chi connectivity index (χ2n) is 9.93. The first-order valence-electron chi connectivity index (χ1n) is 8.37. The van der Waals surface area contributed by atoms with Gasteiger partial charge in [0.25, 0.3) is 0 Å². The maximum absolute atomic E-state index is 2.46. The third-order valence-electron chi connectivity index (χ3n) is 4.80. The number of rotatable bonds is 7. The molecule has 0 rings (SSSR count). The molecule has 0 aliphatic heterocycles. The van der Waals surface area contributed by atoms with Gasteiger partial charge in [0, 0.05) is 0 Å². The zero-order chi connectivity index (χ0) is 16.2. The van der Waals surface area contributed by atoms with Gasteiger partial charge in [-0.1, -0.05) is 81.4 Å². The fourth-order valence-electron chi connectivity index (χ4n) is 3.64. The van der Waals surface area contributed by atoms with Gasteiger partial charge in [0.15, 0.2) is 0 Å². The molecule has 0 unspecified atom stereocenters. The number of allylic oxidation sites excluding steroid dienone is 2. The number of hydrogen-bond donors (Lipinski definition) is 0. The molecule has 0 fully saturated rings. The highest BCUT2D eigenvalue weighted by atomic mass is 14.5. The van der Waals surface area contributed by atoms with Crippen LogP contribution in [0.3, 0.4) is 0 Å². The van der Waals surface area contributed by atoms with Gasteiger partial charge in [0.1, 0.15) is 0 Å². The largest absolute Gasteiger partial charge is 0.0888 e. The summed E-state index contributed by atoms with van der Waals surface area (Å²) >= 11 is 0. The standard InChI is InChI=1S/C20H40/c1-11-12-13-14-18(5,6)16-20(9,10)19(7,8)15-17(2,3)4/h12-13H,11,14-16H2,1-10H3. The Balaban J connectivity index is 4.90. The predicted molar refractivity (Wildman–Crippen MR) is 94.1 cm³/mol. The highest BCUT2D eigenvalue weighted by Crippen LogP contribution is 2.52. The lowest BCUT2D eigenvalue weighted by Crippen LogP contribution is -2.39. The molecule has 0 saturated carbocycles. The Bertz CT molecular complexity index is 307. The van der Waals surface area contributed by atoms with E-state index < -0.39 is 0 Å². The van der Waals surface area contributed by atoms with Gasteiger partial charge in [0.2, 0.25) is 0 Å². The Morgan fingerprint density at radius 2 is 1.10 bits per heavy atom. The second kappa shape index (κ2) is 6.67. The first-order chi connectivity index (χ1) is 8.72. The summed E-state index contributed by atoms with van der Waals surface area (Å²) in [6.45, 7) is 24.0. The molecule has 0 aliphatic rings. The molecule has 0 N–H and O–H groups in total. The van der Waals surface area contributed by atoms with Crippen molar-refractivity contribution in [2.24, 2.45) is 21.7 Å². The quantitative estimate of drug-likeness (QED) is 0.431. The molecule has 0 bridgehead atoms. The van der Waals surface area contributed by atoms with Crippen molar-refractivity contribution in [3.63, 3.8) is 0 Å². The van der Waals surface area contributed by atoms with E-state index in [1.807, 2.05) is 0 Å². The van der Waals surface area contributed by atoms with Gasteiger partial charge >= 0.3 is 0 Å². The molecule has 0 aromatic rings. The Kier molecular flexibility index (Phi) is 6.58. The third kappa shape index (κ3) is 6.95. The summed E-state index contributed by atoms with van der Waals surface area (Å²) in [4.78, 5) is 0. The van der Waals surface area contributed by atoms with Gasteiger partial charge in [-0.15, -0.1) is 0 Å². The summed E-state index contributed by atoms with van der Waals surface area (Å²) in [5, 5.41) is 0. The Hall–Kier alpha value is -0.260. The van der Waals surface area contributed by atoms with Crippen LogP contribution in [0.25, 0.3) is 0 Å². The summed E-state index contributed by atoms with van der Waals surface area (Å²) in [5.74, 6) is 0. The van der Waals surface area contributed by atoms with Crippen LogP contribution in [0.2, 0.25) is 0 Å². The maximum atomic E-state index is 2.46. The molecule has 0 aromatic carbocycles. The van der Waals surface area contributed by atoms with Crippen molar-refractivity contribution in [3.05, 3.63) is 12.2 Å². The van der Waals surface area contributed by atoms with Crippen LogP contribution in [0, 0.1) is 21.7 Å². The van der Waals surface area contributed by atoms with Crippen LogP contribution in [-0.2, 0) is 0 Å². The molecule has 0 saturated heterocycles. The van der Waals surface area contributed by atoms with E-state index >= 15 is 0 Å². The first kappa shape index (κ1) is 19.7. The normalized spacial score (nSPS) is 15.1. The van der Waals surface area contributed by atoms with Crippen molar-refractivity contribution in [1.82, 2.24) is 0 Å². The summed E-state index contributed by atoms with van der Waals surface area (Å²) in [6.07, 6.45) is 9.55. The molecular formula is C20H40. The van der Waals surface area contributed by atoms with E-state index in [-0.39, 0.29) is 0 Å². The highest BCUT2D eigenvalue weighted by molar-refractivity contribution is 4.95. The van der Waals surface area contributed by atoms with E-state index in [2.05, 4.69) is 81.4 Å². The Labute approximate surface area is 129 Å². The van der Waals surface area contributed by atoms with Crippen molar-refractivity contribution < 1.29 is 0 Å². The van der Waals surface area contributed by atoms with E-state index in [4.69, 9.17) is 0 Å². The Morgan fingerprint density at radius 3 is 1.50 bits per heavy atom. The molecule has 0 nitrogen and oxygen atoms in total. The van der Waals surface area contributed by atoms with Crippen LogP contribution in [0.15, 0.2) is 12.2 Å². The molecule has 0 amide bonds. The summed E-state index contributed by atoms with van der Waals surface area (Å²) < 4.78 is 0. The predicted octanol–water partition coefficient (Wildman–Crippen LogP) is 7.25. The minimum atomic E-state index is 0.351. The zero-order valence-corrected chi connectivity index (χ0v) is 16.0. The van der Waals surface area contributed by atoms with E-state index in [1.54, 1.807) is 0 Å². The van der Waals surface area contributed by atoms with Crippen molar-refractivity contribution in [1.29, 1.82) is 0 Å². The van der Waals surface area contributed by atoms with Gasteiger partial charge in [-0.05, 0) is 47.3 Å². The average molecular weight is 281 g/mol. The van der Waals surface area contributed by atoms with Gasteiger partial charge in [-0.2, -0.15) is 0 Å². The van der Waals surface area contributed by atoms with Crippen LogP contribution in [0.4, 0.5) is 0 Å². The molecule has 0 aromatic heterocycles. The van der Waals surface area contributed by atoms with Crippen molar-refractivity contribution >= 4 is 0 Å². The molecule has 0 radical (unpaired) electrons. The molecule has 0 atom stereocenters. The van der Waals surface area contributed by atoms with Crippen LogP contribution in [0.5, 0.6) is 0 Å². The van der Waals surface area contributed by atoms with E-state index in [0.717, 1.165) is 6.42 Å². The smallest absolute Gasteiger partial charge is 0.0298 e. The van der Waals surface area contributed by atoms with E-state index in [9.17, 15) is 0 Å². The fourth-order valence-corrected chi connectivity index (χ4v) is 3.64. The SMILES string of the molecule is CCC=CCC(C)(C)CC(C)(C)C(C)(C)CC(C)(C)C. The number of hydrogen-bond acceptors (Lipinski definition) is 0. The Morgan fingerprint density at radius 1 is 0.650 bits per heavy atom. The molecule has 120 valence electrons. The minimum absolute atomic E-state index is 0.351. The van der Waals surface area contributed by atoms with Crippen LogP contribution in [-0.4, -0.2) is 0 Å². The zero-order valence-electron chi connectivity index (χ0n) is 16.0. The lowest BCUT2D eigenvalue weighted by molar-refractivity contribution is 0.0191. The summed E-state index contributed by atoms with van der Waals surface area (Å²) in [5.41, 5.74) is 1.48. The minimum Gasteiger partial charge on any atom is -0.0888 e. The third-order valence-corrected chi connectivity index (χ3v) is 4.80. The van der Waals surface area contributed by atoms with Crippen molar-refractivity contribution in [2.45, 2.75) is 94.9 Å². The fraction of sp³-hybridized carbons (Fsp3) is 0.900. The molecule has 0 heteroatoms.